The highest BCUT2D eigenvalue weighted by molar-refractivity contribution is 5.94. The Labute approximate surface area is 157 Å². The number of hydrogen-bond donors (Lipinski definition) is 3. The zero-order valence-electron chi connectivity index (χ0n) is 14.9. The van der Waals surface area contributed by atoms with Crippen molar-refractivity contribution in [3.63, 3.8) is 0 Å². The van der Waals surface area contributed by atoms with Crippen LogP contribution in [-0.4, -0.2) is 29.1 Å². The van der Waals surface area contributed by atoms with Gasteiger partial charge in [0.05, 0.1) is 5.56 Å². The second kappa shape index (κ2) is 7.90. The number of amides is 3. The van der Waals surface area contributed by atoms with E-state index in [-0.39, 0.29) is 30.1 Å². The van der Waals surface area contributed by atoms with Crippen molar-refractivity contribution in [1.82, 2.24) is 5.32 Å². The number of nitrogens with zero attached hydrogens (tertiary/aromatic N) is 1. The van der Waals surface area contributed by atoms with Crippen molar-refractivity contribution in [1.29, 1.82) is 0 Å². The van der Waals surface area contributed by atoms with Crippen LogP contribution in [0.25, 0.3) is 0 Å². The normalized spacial score (nSPS) is 12.9. The van der Waals surface area contributed by atoms with E-state index in [1.165, 1.54) is 12.1 Å². The fourth-order valence-corrected chi connectivity index (χ4v) is 2.81. The molecule has 0 bridgehead atoms. The van der Waals surface area contributed by atoms with Crippen molar-refractivity contribution in [2.75, 3.05) is 10.2 Å². The van der Waals surface area contributed by atoms with Gasteiger partial charge in [-0.25, -0.2) is 9.59 Å². The molecule has 1 saturated carbocycles. The number of urea groups is 1. The summed E-state index contributed by atoms with van der Waals surface area (Å²) in [6, 6.07) is 13.4. The Hall–Kier alpha value is -3.35. The predicted octanol–water partition coefficient (Wildman–Crippen LogP) is 3.22. The Morgan fingerprint density at radius 2 is 1.67 bits per heavy atom. The van der Waals surface area contributed by atoms with Gasteiger partial charge in [0, 0.05) is 30.9 Å². The van der Waals surface area contributed by atoms with Gasteiger partial charge >= 0.3 is 12.0 Å². The van der Waals surface area contributed by atoms with E-state index >= 15 is 0 Å². The molecule has 3 rings (SSSR count). The molecule has 3 amide bonds. The summed E-state index contributed by atoms with van der Waals surface area (Å²) in [5.74, 6) is -0.967. The molecule has 1 fully saturated rings. The van der Waals surface area contributed by atoms with E-state index in [0.29, 0.717) is 5.69 Å². The maximum absolute atomic E-state index is 12.0. The molecule has 0 aliphatic heterocycles. The second-order valence-electron chi connectivity index (χ2n) is 6.48. The molecular formula is C20H21N3O4. The van der Waals surface area contributed by atoms with E-state index in [1.807, 2.05) is 12.1 Å². The average molecular weight is 367 g/mol. The van der Waals surface area contributed by atoms with Crippen LogP contribution in [0.1, 0.15) is 35.7 Å². The van der Waals surface area contributed by atoms with Crippen LogP contribution < -0.4 is 15.5 Å². The Balaban J connectivity index is 1.53. The smallest absolute Gasteiger partial charge is 0.335 e. The minimum Gasteiger partial charge on any atom is -0.478 e. The highest BCUT2D eigenvalue weighted by Crippen LogP contribution is 2.32. The summed E-state index contributed by atoms with van der Waals surface area (Å²) < 4.78 is 0. The first-order valence-corrected chi connectivity index (χ1v) is 8.71. The molecule has 0 saturated heterocycles. The first-order valence-electron chi connectivity index (χ1n) is 8.71. The molecule has 7 heteroatoms. The summed E-state index contributed by atoms with van der Waals surface area (Å²) in [6.45, 7) is 1.84. The van der Waals surface area contributed by atoms with E-state index in [4.69, 9.17) is 5.11 Å². The van der Waals surface area contributed by atoms with Gasteiger partial charge in [0.2, 0.25) is 5.91 Å². The lowest BCUT2D eigenvalue weighted by molar-refractivity contribution is -0.116. The van der Waals surface area contributed by atoms with E-state index in [2.05, 4.69) is 10.6 Å². The molecule has 7 nitrogen and oxygen atoms in total. The van der Waals surface area contributed by atoms with Crippen LogP contribution in [0.4, 0.5) is 16.2 Å². The number of carboxylic acid groups (broad SMARTS) is 1. The Morgan fingerprint density at radius 3 is 2.19 bits per heavy atom. The third-order valence-corrected chi connectivity index (χ3v) is 4.31. The van der Waals surface area contributed by atoms with E-state index < -0.39 is 5.97 Å². The zero-order chi connectivity index (χ0) is 19.4. The van der Waals surface area contributed by atoms with Crippen LogP contribution in [0.3, 0.4) is 0 Å². The van der Waals surface area contributed by atoms with Gasteiger partial charge in [-0.05, 0) is 54.8 Å². The van der Waals surface area contributed by atoms with Crippen LogP contribution >= 0.6 is 0 Å². The fraction of sp³-hybridized carbons (Fsp3) is 0.250. The SMILES string of the molecule is CC(=O)N(c1ccc(NC(=O)NCc2ccc(C(=O)O)cc2)cc1)C1CC1. The zero-order valence-corrected chi connectivity index (χ0v) is 14.9. The summed E-state index contributed by atoms with van der Waals surface area (Å²) in [5.41, 5.74) is 2.45. The van der Waals surface area contributed by atoms with Crippen LogP contribution in [-0.2, 0) is 11.3 Å². The van der Waals surface area contributed by atoms with Gasteiger partial charge in [0.15, 0.2) is 0 Å². The van der Waals surface area contributed by atoms with Crippen molar-refractivity contribution in [2.45, 2.75) is 32.4 Å². The van der Waals surface area contributed by atoms with Gasteiger partial charge < -0.3 is 20.6 Å². The molecule has 140 valence electrons. The number of carboxylic acids is 1. The van der Waals surface area contributed by atoms with Crippen LogP contribution in [0.5, 0.6) is 0 Å². The number of anilines is 2. The lowest BCUT2D eigenvalue weighted by Gasteiger charge is -2.21. The molecule has 2 aromatic carbocycles. The largest absolute Gasteiger partial charge is 0.478 e. The molecule has 2 aromatic rings. The third kappa shape index (κ3) is 4.84. The number of carbonyl (C=O) groups excluding carboxylic acids is 2. The maximum atomic E-state index is 12.0. The molecule has 1 aliphatic rings. The minimum atomic E-state index is -0.985. The first-order chi connectivity index (χ1) is 12.9. The number of carbonyl (C=O) groups is 3. The van der Waals surface area contributed by atoms with E-state index in [0.717, 1.165) is 24.1 Å². The summed E-state index contributed by atoms with van der Waals surface area (Å²) in [7, 11) is 0. The molecule has 1 aliphatic carbocycles. The number of nitrogens with one attached hydrogen (secondary N) is 2. The number of hydrogen-bond acceptors (Lipinski definition) is 3. The minimum absolute atomic E-state index is 0.0184. The molecular weight excluding hydrogens is 346 g/mol. The van der Waals surface area contributed by atoms with Gasteiger partial charge in [-0.15, -0.1) is 0 Å². The average Bonchev–Trinajstić information content (AvgIpc) is 3.46. The molecule has 0 aromatic heterocycles. The summed E-state index contributed by atoms with van der Waals surface area (Å²) in [6.07, 6.45) is 2.05. The Kier molecular flexibility index (Phi) is 5.40. The van der Waals surface area contributed by atoms with Gasteiger partial charge in [0.25, 0.3) is 0 Å². The molecule has 0 unspecified atom stereocenters. The van der Waals surface area contributed by atoms with Crippen molar-refractivity contribution in [3.05, 3.63) is 59.7 Å². The monoisotopic (exact) mass is 367 g/mol. The van der Waals surface area contributed by atoms with Crippen molar-refractivity contribution >= 4 is 29.3 Å². The summed E-state index contributed by atoms with van der Waals surface area (Å²) in [4.78, 5) is 36.4. The number of benzene rings is 2. The van der Waals surface area contributed by atoms with Gasteiger partial charge in [-0.3, -0.25) is 4.79 Å². The lowest BCUT2D eigenvalue weighted by atomic mass is 10.1. The molecule has 0 heterocycles. The highest BCUT2D eigenvalue weighted by atomic mass is 16.4. The predicted molar refractivity (Wildman–Crippen MR) is 102 cm³/mol. The lowest BCUT2D eigenvalue weighted by Crippen LogP contribution is -2.30. The van der Waals surface area contributed by atoms with Crippen LogP contribution in [0.15, 0.2) is 48.5 Å². The highest BCUT2D eigenvalue weighted by Gasteiger charge is 2.31. The quantitative estimate of drug-likeness (QED) is 0.730. The van der Waals surface area contributed by atoms with E-state index in [9.17, 15) is 14.4 Å². The van der Waals surface area contributed by atoms with Crippen molar-refractivity contribution in [3.8, 4) is 0 Å². The molecule has 0 spiro atoms. The second-order valence-corrected chi connectivity index (χ2v) is 6.48. The van der Waals surface area contributed by atoms with Crippen LogP contribution in [0, 0.1) is 0 Å². The van der Waals surface area contributed by atoms with Crippen LogP contribution in [0.2, 0.25) is 0 Å². The maximum Gasteiger partial charge on any atom is 0.335 e. The van der Waals surface area contributed by atoms with Gasteiger partial charge in [-0.1, -0.05) is 12.1 Å². The molecule has 0 atom stereocenters. The van der Waals surface area contributed by atoms with Crippen molar-refractivity contribution < 1.29 is 19.5 Å². The fourth-order valence-electron chi connectivity index (χ4n) is 2.81. The molecule has 3 N–H and O–H groups in total. The Morgan fingerprint density at radius 1 is 1.04 bits per heavy atom. The summed E-state index contributed by atoms with van der Waals surface area (Å²) >= 11 is 0. The standard InChI is InChI=1S/C20H21N3O4/c1-13(24)23(18-10-11-18)17-8-6-16(7-9-17)22-20(27)21-12-14-2-4-15(5-3-14)19(25)26/h2-9,18H,10-12H2,1H3,(H,25,26)(H2,21,22,27). The topological polar surface area (TPSA) is 98.7 Å². The molecule has 0 radical (unpaired) electrons. The van der Waals surface area contributed by atoms with Gasteiger partial charge in [0.1, 0.15) is 0 Å². The van der Waals surface area contributed by atoms with E-state index in [1.54, 1.807) is 36.1 Å². The number of aromatic carboxylic acids is 1. The molecule has 27 heavy (non-hydrogen) atoms. The summed E-state index contributed by atoms with van der Waals surface area (Å²) in [5, 5.41) is 14.3. The van der Waals surface area contributed by atoms with Gasteiger partial charge in [-0.2, -0.15) is 0 Å². The number of rotatable bonds is 6. The Bertz CT molecular complexity index is 843. The van der Waals surface area contributed by atoms with Crippen molar-refractivity contribution in [2.24, 2.45) is 0 Å². The third-order valence-electron chi connectivity index (χ3n) is 4.31. The first kappa shape index (κ1) is 18.4.